The van der Waals surface area contributed by atoms with Crippen LogP contribution in [0.3, 0.4) is 0 Å². The summed E-state index contributed by atoms with van der Waals surface area (Å²) in [5.41, 5.74) is -1.03. The molecule has 0 saturated carbocycles. The number of benzene rings is 1. The number of nitrogens with one attached hydrogen (secondary N) is 2. The Kier molecular flexibility index (Phi) is 6.64. The predicted octanol–water partition coefficient (Wildman–Crippen LogP) is 3.55. The second kappa shape index (κ2) is 9.68. The number of carbonyl (C=O) groups is 2. The summed E-state index contributed by atoms with van der Waals surface area (Å²) in [6, 6.07) is 7.16. The van der Waals surface area contributed by atoms with E-state index < -0.39 is 23.7 Å². The monoisotopic (exact) mass is 501 g/mol. The summed E-state index contributed by atoms with van der Waals surface area (Å²) in [7, 11) is 3.00. The molecule has 3 aromatic heterocycles. The van der Waals surface area contributed by atoms with Gasteiger partial charge in [0, 0.05) is 19.2 Å². The van der Waals surface area contributed by atoms with Gasteiger partial charge in [0.15, 0.2) is 11.3 Å². The summed E-state index contributed by atoms with van der Waals surface area (Å²) in [6.45, 7) is 2.31. The van der Waals surface area contributed by atoms with Crippen LogP contribution in [0.2, 0.25) is 0 Å². The molecule has 0 bridgehead atoms. The third kappa shape index (κ3) is 4.72. The highest BCUT2D eigenvalue weighted by Gasteiger charge is 2.36. The Hall–Kier alpha value is -4.42. The highest BCUT2D eigenvalue weighted by Crippen LogP contribution is 2.33. The Labute approximate surface area is 203 Å². The molecule has 0 aliphatic carbocycles. The Morgan fingerprint density at radius 1 is 1.08 bits per heavy atom. The fraction of sp³-hybridized carbons (Fsp3) is 0.261. The number of rotatable bonds is 7. The molecule has 188 valence electrons. The third-order valence-corrected chi connectivity index (χ3v) is 5.33. The molecule has 0 radical (unpaired) electrons. The van der Waals surface area contributed by atoms with Gasteiger partial charge in [0.05, 0.1) is 30.9 Å². The molecule has 0 unspecified atom stereocenters. The standard InChI is InChI=1S/C23H22F3N7O3/c1-4-9-27-22(35)19-17(12-28-32(19)2)31-21(34)15-11-29-33-18(23(24,25)26)10-16(30-20(15)33)13-5-7-14(36-3)8-6-13/h5-8,10-12H,4,9H2,1-3H3,(H,27,35)(H,31,34). The van der Waals surface area contributed by atoms with E-state index in [0.717, 1.165) is 12.3 Å². The molecule has 0 aliphatic heterocycles. The number of hydrogen-bond donors (Lipinski definition) is 2. The number of nitrogens with zero attached hydrogens (tertiary/aromatic N) is 5. The highest BCUT2D eigenvalue weighted by molar-refractivity contribution is 6.11. The molecule has 0 spiro atoms. The number of carbonyl (C=O) groups excluding carboxylic acids is 2. The molecule has 1 aromatic carbocycles. The van der Waals surface area contributed by atoms with Crippen molar-refractivity contribution in [2.45, 2.75) is 19.5 Å². The van der Waals surface area contributed by atoms with Crippen LogP contribution >= 0.6 is 0 Å². The Balaban J connectivity index is 1.76. The molecule has 0 saturated heterocycles. The normalized spacial score (nSPS) is 11.5. The van der Waals surface area contributed by atoms with E-state index in [-0.39, 0.29) is 28.3 Å². The molecule has 36 heavy (non-hydrogen) atoms. The van der Waals surface area contributed by atoms with Crippen LogP contribution in [0.1, 0.15) is 39.9 Å². The maximum absolute atomic E-state index is 13.9. The molecule has 0 fully saturated rings. The van der Waals surface area contributed by atoms with Crippen molar-refractivity contribution in [3.8, 4) is 17.0 Å². The molecule has 10 nitrogen and oxygen atoms in total. The number of aromatic nitrogens is 5. The van der Waals surface area contributed by atoms with Crippen LogP contribution in [0.25, 0.3) is 16.9 Å². The van der Waals surface area contributed by atoms with E-state index in [0.29, 0.717) is 28.8 Å². The van der Waals surface area contributed by atoms with Gasteiger partial charge in [0.2, 0.25) is 0 Å². The largest absolute Gasteiger partial charge is 0.497 e. The van der Waals surface area contributed by atoms with E-state index in [1.165, 1.54) is 25.0 Å². The van der Waals surface area contributed by atoms with Crippen LogP contribution in [0, 0.1) is 0 Å². The lowest BCUT2D eigenvalue weighted by atomic mass is 10.1. The van der Waals surface area contributed by atoms with E-state index in [2.05, 4.69) is 25.8 Å². The maximum Gasteiger partial charge on any atom is 0.433 e. The number of methoxy groups -OCH3 is 1. The molecule has 0 aliphatic rings. The van der Waals surface area contributed by atoms with Gasteiger partial charge >= 0.3 is 6.18 Å². The molecule has 4 rings (SSSR count). The minimum atomic E-state index is -4.77. The second-order valence-electron chi connectivity index (χ2n) is 7.79. The zero-order chi connectivity index (χ0) is 26.0. The first-order valence-corrected chi connectivity index (χ1v) is 10.9. The average Bonchev–Trinajstić information content (AvgIpc) is 3.44. The predicted molar refractivity (Wildman–Crippen MR) is 124 cm³/mol. The topological polar surface area (TPSA) is 115 Å². The molecule has 2 N–H and O–H groups in total. The van der Waals surface area contributed by atoms with Gasteiger partial charge in [-0.05, 0) is 36.8 Å². The van der Waals surface area contributed by atoms with Gasteiger partial charge in [-0.2, -0.15) is 23.4 Å². The van der Waals surface area contributed by atoms with Gasteiger partial charge in [-0.25, -0.2) is 9.50 Å². The average molecular weight is 501 g/mol. The lowest BCUT2D eigenvalue weighted by Crippen LogP contribution is -2.27. The molecule has 4 aromatic rings. The Morgan fingerprint density at radius 2 is 1.81 bits per heavy atom. The van der Waals surface area contributed by atoms with Crippen LogP contribution in [0.15, 0.2) is 42.7 Å². The summed E-state index contributed by atoms with van der Waals surface area (Å²) in [6.07, 6.45) is -1.78. The Morgan fingerprint density at radius 3 is 2.44 bits per heavy atom. The van der Waals surface area contributed by atoms with E-state index in [1.54, 1.807) is 24.3 Å². The van der Waals surface area contributed by atoms with Crippen molar-refractivity contribution in [2.24, 2.45) is 7.05 Å². The summed E-state index contributed by atoms with van der Waals surface area (Å²) >= 11 is 0. The van der Waals surface area contributed by atoms with Gasteiger partial charge < -0.3 is 15.4 Å². The van der Waals surface area contributed by atoms with Gasteiger partial charge in [0.25, 0.3) is 11.8 Å². The van der Waals surface area contributed by atoms with E-state index in [4.69, 9.17) is 4.74 Å². The van der Waals surface area contributed by atoms with Crippen molar-refractivity contribution in [3.63, 3.8) is 0 Å². The van der Waals surface area contributed by atoms with Crippen LogP contribution in [-0.2, 0) is 13.2 Å². The number of fused-ring (bicyclic) bond motifs is 1. The fourth-order valence-corrected chi connectivity index (χ4v) is 3.54. The van der Waals surface area contributed by atoms with Gasteiger partial charge in [-0.15, -0.1) is 0 Å². The summed E-state index contributed by atoms with van der Waals surface area (Å²) in [5, 5.41) is 13.0. The van der Waals surface area contributed by atoms with Crippen molar-refractivity contribution in [3.05, 3.63) is 59.7 Å². The van der Waals surface area contributed by atoms with Crippen molar-refractivity contribution in [1.82, 2.24) is 29.7 Å². The maximum atomic E-state index is 13.9. The summed E-state index contributed by atoms with van der Waals surface area (Å²) in [5.74, 6) is -0.725. The number of aryl methyl sites for hydroxylation is 1. The third-order valence-electron chi connectivity index (χ3n) is 5.33. The minimum absolute atomic E-state index is 0.00645. The number of hydrogen-bond acceptors (Lipinski definition) is 6. The zero-order valence-electron chi connectivity index (χ0n) is 19.6. The van der Waals surface area contributed by atoms with Crippen LogP contribution in [0.5, 0.6) is 5.75 Å². The molecule has 13 heteroatoms. The lowest BCUT2D eigenvalue weighted by molar-refractivity contribution is -0.142. The fourth-order valence-electron chi connectivity index (χ4n) is 3.54. The van der Waals surface area contributed by atoms with Crippen LogP contribution in [0.4, 0.5) is 18.9 Å². The summed E-state index contributed by atoms with van der Waals surface area (Å²) < 4.78 is 48.6. The summed E-state index contributed by atoms with van der Waals surface area (Å²) in [4.78, 5) is 29.9. The van der Waals surface area contributed by atoms with Gasteiger partial charge in [-0.1, -0.05) is 6.92 Å². The quantitative estimate of drug-likeness (QED) is 0.400. The minimum Gasteiger partial charge on any atom is -0.497 e. The highest BCUT2D eigenvalue weighted by atomic mass is 19.4. The lowest BCUT2D eigenvalue weighted by Gasteiger charge is -2.12. The van der Waals surface area contributed by atoms with Crippen LogP contribution < -0.4 is 15.4 Å². The molecule has 3 heterocycles. The zero-order valence-corrected chi connectivity index (χ0v) is 19.6. The van der Waals surface area contributed by atoms with Crippen LogP contribution in [-0.4, -0.2) is 49.8 Å². The van der Waals surface area contributed by atoms with Gasteiger partial charge in [0.1, 0.15) is 17.0 Å². The van der Waals surface area contributed by atoms with E-state index >= 15 is 0 Å². The number of amides is 2. The number of ether oxygens (including phenoxy) is 1. The van der Waals surface area contributed by atoms with Crippen molar-refractivity contribution < 1.29 is 27.5 Å². The van der Waals surface area contributed by atoms with E-state index in [1.807, 2.05) is 6.92 Å². The smallest absolute Gasteiger partial charge is 0.433 e. The number of anilines is 1. The molecular weight excluding hydrogens is 479 g/mol. The molecule has 0 atom stereocenters. The molecule has 2 amide bonds. The first-order chi connectivity index (χ1) is 17.1. The van der Waals surface area contributed by atoms with Crippen molar-refractivity contribution in [2.75, 3.05) is 19.0 Å². The van der Waals surface area contributed by atoms with Gasteiger partial charge in [-0.3, -0.25) is 14.3 Å². The van der Waals surface area contributed by atoms with E-state index in [9.17, 15) is 22.8 Å². The Bertz CT molecular complexity index is 1430. The number of halogens is 3. The first-order valence-electron chi connectivity index (χ1n) is 10.9. The second-order valence-corrected chi connectivity index (χ2v) is 7.79. The first kappa shape index (κ1) is 24.7. The number of alkyl halides is 3. The molecular formula is C23H22F3N7O3. The SMILES string of the molecule is CCCNC(=O)c1c(NC(=O)c2cnn3c(C(F)(F)F)cc(-c4ccc(OC)cc4)nc23)cnn1C. The van der Waals surface area contributed by atoms with Crippen molar-refractivity contribution in [1.29, 1.82) is 0 Å². The van der Waals surface area contributed by atoms with Crippen molar-refractivity contribution >= 4 is 23.1 Å².